The predicted molar refractivity (Wildman–Crippen MR) is 163 cm³/mol. The fourth-order valence-corrected chi connectivity index (χ4v) is 5.68. The van der Waals surface area contributed by atoms with Crippen LogP contribution in [0.5, 0.6) is 0 Å². The Balaban J connectivity index is 1.44. The molecule has 0 spiro atoms. The van der Waals surface area contributed by atoms with E-state index in [9.17, 15) is 14.9 Å². The molecule has 6 rings (SSSR count). The molecule has 0 radical (unpaired) electrons. The number of pyridine rings is 2. The van der Waals surface area contributed by atoms with E-state index in [0.29, 0.717) is 58.1 Å². The fraction of sp³-hybridized carbons (Fsp3) is 0.219. The van der Waals surface area contributed by atoms with E-state index >= 15 is 0 Å². The van der Waals surface area contributed by atoms with E-state index < -0.39 is 6.04 Å². The fourth-order valence-electron chi connectivity index (χ4n) is 5.50. The quantitative estimate of drug-likeness (QED) is 0.287. The number of halogens is 1. The molecule has 0 unspecified atom stereocenters. The molecule has 0 saturated carbocycles. The summed E-state index contributed by atoms with van der Waals surface area (Å²) < 4.78 is 3.31. The lowest BCUT2D eigenvalue weighted by Crippen LogP contribution is -2.27. The van der Waals surface area contributed by atoms with Gasteiger partial charge >= 0.3 is 0 Å². The predicted octanol–water partition coefficient (Wildman–Crippen LogP) is 5.64. The molecule has 5 heterocycles. The number of aryl methyl sites for hydroxylation is 1. The molecular weight excluding hydrogens is 564 g/mol. The number of amides is 1. The highest BCUT2D eigenvalue weighted by Gasteiger charge is 2.24. The highest BCUT2D eigenvalue weighted by Crippen LogP contribution is 2.35. The lowest BCUT2D eigenvalue weighted by molar-refractivity contribution is -0.119. The largest absolute Gasteiger partial charge is 0.323 e. The molecule has 4 aromatic heterocycles. The van der Waals surface area contributed by atoms with Gasteiger partial charge in [-0.25, -0.2) is 4.98 Å². The Morgan fingerprint density at radius 2 is 1.86 bits per heavy atom. The first-order chi connectivity index (χ1) is 20.8. The van der Waals surface area contributed by atoms with E-state index in [4.69, 9.17) is 16.6 Å². The zero-order valence-corrected chi connectivity index (χ0v) is 24.3. The number of hydrogen-bond acceptors (Lipinski definition) is 7. The van der Waals surface area contributed by atoms with Crippen LogP contribution in [-0.2, 0) is 11.8 Å². The summed E-state index contributed by atoms with van der Waals surface area (Å²) in [6.45, 7) is 1.90. The third-order valence-electron chi connectivity index (χ3n) is 7.76. The SMILES string of the molecule is C[C@@H]1CCC[C@H](n2cnc(-c3cc(Cl)ccc3-c3cncc(C#N)c3)cc2=O)c2cc(ccn2)-c2c(cnn2C)NC1=O. The lowest BCUT2D eigenvalue weighted by atomic mass is 9.96. The van der Waals surface area contributed by atoms with Gasteiger partial charge in [0.25, 0.3) is 5.56 Å². The van der Waals surface area contributed by atoms with Gasteiger partial charge in [0, 0.05) is 59.3 Å². The molecule has 43 heavy (non-hydrogen) atoms. The second-order valence-electron chi connectivity index (χ2n) is 10.6. The van der Waals surface area contributed by atoms with Crippen LogP contribution >= 0.6 is 11.6 Å². The van der Waals surface area contributed by atoms with Crippen LogP contribution in [0.2, 0.25) is 5.02 Å². The van der Waals surface area contributed by atoms with Crippen molar-refractivity contribution in [3.8, 4) is 39.7 Å². The molecule has 10 nitrogen and oxygen atoms in total. The number of nitriles is 1. The third-order valence-corrected chi connectivity index (χ3v) is 8.00. The summed E-state index contributed by atoms with van der Waals surface area (Å²) >= 11 is 6.37. The number of benzene rings is 1. The van der Waals surface area contributed by atoms with Gasteiger partial charge in [-0.2, -0.15) is 10.4 Å². The summed E-state index contributed by atoms with van der Waals surface area (Å²) in [6, 6.07) is 14.1. The zero-order chi connectivity index (χ0) is 30.1. The van der Waals surface area contributed by atoms with Crippen LogP contribution in [0.4, 0.5) is 5.69 Å². The first-order valence-corrected chi connectivity index (χ1v) is 14.2. The highest BCUT2D eigenvalue weighted by atomic mass is 35.5. The number of carbonyl (C=O) groups is 1. The van der Waals surface area contributed by atoms with Gasteiger partial charge in [0.1, 0.15) is 6.07 Å². The van der Waals surface area contributed by atoms with Crippen LogP contribution in [0, 0.1) is 17.2 Å². The van der Waals surface area contributed by atoms with Crippen molar-refractivity contribution in [1.29, 1.82) is 5.26 Å². The number of hydrogen-bond donors (Lipinski definition) is 1. The molecule has 1 aromatic carbocycles. The van der Waals surface area contributed by atoms with Crippen molar-refractivity contribution in [2.75, 3.05) is 5.32 Å². The van der Waals surface area contributed by atoms with Gasteiger partial charge in [0.15, 0.2) is 0 Å². The Bertz CT molecular complexity index is 1960. The van der Waals surface area contributed by atoms with E-state index in [0.717, 1.165) is 16.8 Å². The minimum Gasteiger partial charge on any atom is -0.323 e. The Morgan fingerprint density at radius 3 is 2.67 bits per heavy atom. The number of aromatic nitrogens is 6. The first-order valence-electron chi connectivity index (χ1n) is 13.8. The van der Waals surface area contributed by atoms with Crippen molar-refractivity contribution in [3.63, 3.8) is 0 Å². The smallest absolute Gasteiger partial charge is 0.254 e. The number of carbonyl (C=O) groups excluding carboxylic acids is 1. The second kappa shape index (κ2) is 11.6. The van der Waals surface area contributed by atoms with Crippen molar-refractivity contribution in [2.24, 2.45) is 13.0 Å². The van der Waals surface area contributed by atoms with Gasteiger partial charge in [0.2, 0.25) is 5.91 Å². The normalized spacial score (nSPS) is 16.7. The molecule has 2 bridgehead atoms. The van der Waals surface area contributed by atoms with Crippen molar-refractivity contribution < 1.29 is 4.79 Å². The molecule has 5 aromatic rings. The van der Waals surface area contributed by atoms with Gasteiger partial charge < -0.3 is 5.32 Å². The lowest BCUT2D eigenvalue weighted by Gasteiger charge is -2.22. The number of nitrogens with zero attached hydrogens (tertiary/aromatic N) is 7. The van der Waals surface area contributed by atoms with E-state index in [1.54, 1.807) is 52.4 Å². The van der Waals surface area contributed by atoms with E-state index in [1.165, 1.54) is 12.3 Å². The average molecular weight is 591 g/mol. The van der Waals surface area contributed by atoms with Gasteiger partial charge in [-0.15, -0.1) is 0 Å². The standard InChI is InChI=1S/C32H27ClN8O2/c1-19-4-3-5-29(27-11-21(8-9-36-27)31-28(39-32(19)43)17-38-40(31)2)41-18-37-26(13-30(41)42)25-12-23(33)6-7-24(25)22-10-20(14-34)15-35-16-22/h6-13,15-19,29H,3-5H2,1-2H3,(H,39,43)/t19-,29+/m1/s1. The molecule has 0 saturated heterocycles. The summed E-state index contributed by atoms with van der Waals surface area (Å²) in [5.74, 6) is -0.302. The molecule has 1 aliphatic rings. The van der Waals surface area contributed by atoms with Gasteiger partial charge in [-0.3, -0.25) is 28.8 Å². The molecule has 1 amide bonds. The van der Waals surface area contributed by atoms with Crippen molar-refractivity contribution in [1.82, 2.24) is 29.3 Å². The summed E-state index contributed by atoms with van der Waals surface area (Å²) in [5.41, 5.74) is 5.65. The molecular formula is C32H27ClN8O2. The Labute approximate surface area is 252 Å². The second-order valence-corrected chi connectivity index (χ2v) is 11.1. The maximum Gasteiger partial charge on any atom is 0.254 e. The van der Waals surface area contributed by atoms with Crippen LogP contribution in [0.25, 0.3) is 33.6 Å². The van der Waals surface area contributed by atoms with Crippen LogP contribution in [0.3, 0.4) is 0 Å². The van der Waals surface area contributed by atoms with Crippen molar-refractivity contribution in [2.45, 2.75) is 32.2 Å². The van der Waals surface area contributed by atoms with Crippen molar-refractivity contribution in [3.05, 3.63) is 100 Å². The maximum absolute atomic E-state index is 13.8. The average Bonchev–Trinajstić information content (AvgIpc) is 3.38. The Morgan fingerprint density at radius 1 is 1.00 bits per heavy atom. The number of nitrogens with one attached hydrogen (secondary N) is 1. The summed E-state index contributed by atoms with van der Waals surface area (Å²) in [5, 5.41) is 17.2. The molecule has 2 atom stereocenters. The molecule has 0 aliphatic carbocycles. The topological polar surface area (TPSA) is 131 Å². The van der Waals surface area contributed by atoms with Crippen LogP contribution in [0.15, 0.2) is 78.4 Å². The minimum absolute atomic E-state index is 0.0725. The van der Waals surface area contributed by atoms with Gasteiger partial charge in [-0.1, -0.05) is 31.0 Å². The molecule has 0 fully saturated rings. The molecule has 11 heteroatoms. The number of anilines is 1. The van der Waals surface area contributed by atoms with Gasteiger partial charge in [-0.05, 0) is 48.7 Å². The van der Waals surface area contributed by atoms with E-state index in [1.807, 2.05) is 32.2 Å². The minimum atomic E-state index is -0.407. The summed E-state index contributed by atoms with van der Waals surface area (Å²) in [6.07, 6.45) is 9.97. The van der Waals surface area contributed by atoms with Crippen LogP contribution in [-0.4, -0.2) is 35.2 Å². The third kappa shape index (κ3) is 5.55. The van der Waals surface area contributed by atoms with Crippen LogP contribution in [0.1, 0.15) is 43.5 Å². The summed E-state index contributed by atoms with van der Waals surface area (Å²) in [4.78, 5) is 40.3. The van der Waals surface area contributed by atoms with E-state index in [-0.39, 0.29) is 17.4 Å². The number of rotatable bonds is 3. The Hall–Kier alpha value is -5.14. The number of fused-ring (bicyclic) bond motifs is 4. The summed E-state index contributed by atoms with van der Waals surface area (Å²) in [7, 11) is 1.82. The monoisotopic (exact) mass is 590 g/mol. The maximum atomic E-state index is 13.8. The first kappa shape index (κ1) is 28.0. The van der Waals surface area contributed by atoms with Crippen LogP contribution < -0.4 is 10.9 Å². The highest BCUT2D eigenvalue weighted by molar-refractivity contribution is 6.31. The zero-order valence-electron chi connectivity index (χ0n) is 23.5. The molecule has 1 N–H and O–H groups in total. The molecule has 214 valence electrons. The molecule has 1 aliphatic heterocycles. The van der Waals surface area contributed by atoms with Gasteiger partial charge in [0.05, 0.1) is 46.9 Å². The van der Waals surface area contributed by atoms with Crippen molar-refractivity contribution >= 4 is 23.2 Å². The Kier molecular flexibility index (Phi) is 7.57. The van der Waals surface area contributed by atoms with E-state index in [2.05, 4.69) is 26.5 Å².